The molecule has 1 aliphatic carbocycles. The number of aryl methyl sites for hydroxylation is 1. The zero-order valence-corrected chi connectivity index (χ0v) is 58.9. The van der Waals surface area contributed by atoms with Crippen molar-refractivity contribution in [1.29, 1.82) is 0 Å². The Labute approximate surface area is 626 Å². The molecule has 0 amide bonds. The number of fused-ring (bicyclic) bond motifs is 20. The number of aromatic nitrogens is 3. The van der Waals surface area contributed by atoms with Crippen molar-refractivity contribution in [3.8, 4) is 39.7 Å². The fraction of sp³-hybridized carbons (Fsp3) is 0.0306. The molecule has 1 N–H and O–H groups in total. The summed E-state index contributed by atoms with van der Waals surface area (Å²) >= 11 is 0. The number of benzene rings is 15. The topological polar surface area (TPSA) is 116 Å². The van der Waals surface area contributed by atoms with Crippen LogP contribution in [-0.2, 0) is 6.42 Å². The first-order chi connectivity index (χ1) is 54.5. The highest BCUT2D eigenvalue weighted by molar-refractivity contribution is 6.21. The number of nitrogens with zero attached hydrogens (tertiary/aromatic N) is 5. The molecular formula is C98H60N6O6. The van der Waals surface area contributed by atoms with Crippen molar-refractivity contribution in [2.75, 3.05) is 15.1 Å². The van der Waals surface area contributed by atoms with Crippen molar-refractivity contribution in [1.82, 2.24) is 14.1 Å². The second kappa shape index (κ2) is 23.4. The molecule has 2 aliphatic rings. The predicted octanol–water partition coefficient (Wildman–Crippen LogP) is 26.9. The van der Waals surface area contributed by atoms with Crippen molar-refractivity contribution in [2.24, 2.45) is 0 Å². The molecule has 0 radical (unpaired) electrons. The van der Waals surface area contributed by atoms with E-state index in [1.165, 1.54) is 10.8 Å². The van der Waals surface area contributed by atoms with Gasteiger partial charge in [0.25, 0.3) is 0 Å². The molecule has 22 aromatic rings. The number of hydrogen-bond acceptors (Lipinski definition) is 10. The standard InChI is InChI=1S/C98H60N6O6/c1-4-20-58(21-5-1)97-99-76-53-74-69-49-46-64(52-88(69)107-90(74)56-92(76)110-97)103(82-36-17-30-71-67-27-11-14-33-79(67)104(95(71)82)61-24-8-3-9-25-61)81-35-19-39-86-94(81)73-31-16-29-65(96(73)108-86)57-40-42-59(43-41-57)98-100-77-55-89-75(54-91(77)109-98)70-48-45-63(51-87(70)106-89)101(80-34-18-38-85-93(80)72-28-12-15-37-84(72)105-85)62-44-47-68-66-26-10-13-32-78(66)102(83(68)50-62)60-22-6-2-7-23-60/h1-44,46-47,49-56,97,99H,45,48H2. The highest BCUT2D eigenvalue weighted by Crippen LogP contribution is 2.52. The van der Waals surface area contributed by atoms with E-state index in [4.69, 9.17) is 31.8 Å². The number of allylic oxidation sites excluding steroid dienone is 1. The van der Waals surface area contributed by atoms with Gasteiger partial charge >= 0.3 is 0 Å². The van der Waals surface area contributed by atoms with Gasteiger partial charge in [0.2, 0.25) is 5.89 Å². The lowest BCUT2D eigenvalue weighted by molar-refractivity contribution is 0.260. The van der Waals surface area contributed by atoms with Gasteiger partial charge in [-0.25, -0.2) is 4.98 Å². The number of anilines is 6. The van der Waals surface area contributed by atoms with Gasteiger partial charge in [-0.1, -0.05) is 182 Å². The second-order valence-electron chi connectivity index (χ2n) is 28.8. The van der Waals surface area contributed by atoms with E-state index < -0.39 is 0 Å². The molecule has 8 heterocycles. The summed E-state index contributed by atoms with van der Waals surface area (Å²) < 4.78 is 45.6. The lowest BCUT2D eigenvalue weighted by Crippen LogP contribution is -2.19. The van der Waals surface area contributed by atoms with Crippen molar-refractivity contribution < 1.29 is 26.8 Å². The van der Waals surface area contributed by atoms with Gasteiger partial charge in [-0.15, -0.1) is 0 Å². The quantitative estimate of drug-likeness (QED) is 0.134. The smallest absolute Gasteiger partial charge is 0.227 e. The Morgan fingerprint density at radius 1 is 0.364 bits per heavy atom. The zero-order valence-electron chi connectivity index (χ0n) is 58.9. The van der Waals surface area contributed by atoms with Gasteiger partial charge < -0.3 is 51.1 Å². The number of ether oxygens (including phenoxy) is 1. The summed E-state index contributed by atoms with van der Waals surface area (Å²) in [7, 11) is 0. The van der Waals surface area contributed by atoms with Crippen molar-refractivity contribution >= 4 is 172 Å². The first-order valence-corrected chi connectivity index (χ1v) is 37.3. The van der Waals surface area contributed by atoms with E-state index in [0.717, 1.165) is 219 Å². The number of hydrogen-bond donors (Lipinski definition) is 1. The fourth-order valence-corrected chi connectivity index (χ4v) is 17.8. The maximum atomic E-state index is 7.15. The fourth-order valence-electron chi connectivity index (χ4n) is 17.8. The average molecular weight is 1420 g/mol. The first kappa shape index (κ1) is 60.5. The highest BCUT2D eigenvalue weighted by Gasteiger charge is 2.32. The van der Waals surface area contributed by atoms with E-state index in [9.17, 15) is 0 Å². The van der Waals surface area contributed by atoms with Crippen LogP contribution in [0.3, 0.4) is 0 Å². The molecule has 12 nitrogen and oxygen atoms in total. The van der Waals surface area contributed by atoms with Crippen molar-refractivity contribution in [3.63, 3.8) is 0 Å². The van der Waals surface area contributed by atoms with E-state index in [-0.39, 0.29) is 6.23 Å². The minimum atomic E-state index is -0.294. The van der Waals surface area contributed by atoms with E-state index in [2.05, 4.69) is 309 Å². The second-order valence-corrected chi connectivity index (χ2v) is 28.8. The van der Waals surface area contributed by atoms with E-state index in [0.29, 0.717) is 11.5 Å². The van der Waals surface area contributed by atoms with E-state index >= 15 is 0 Å². The molecule has 1 aliphatic heterocycles. The Bertz CT molecular complexity index is 7620. The zero-order chi connectivity index (χ0) is 71.8. The van der Waals surface area contributed by atoms with Crippen LogP contribution in [0.2, 0.25) is 0 Å². The third-order valence-electron chi connectivity index (χ3n) is 22.7. The molecule has 110 heavy (non-hydrogen) atoms. The van der Waals surface area contributed by atoms with Gasteiger partial charge in [-0.3, -0.25) is 0 Å². The first-order valence-electron chi connectivity index (χ1n) is 37.3. The molecule has 24 rings (SSSR count). The molecule has 0 fully saturated rings. The number of para-hydroxylation sites is 7. The van der Waals surface area contributed by atoms with Crippen LogP contribution in [-0.4, -0.2) is 14.1 Å². The molecule has 12 heteroatoms. The van der Waals surface area contributed by atoms with Gasteiger partial charge in [0.15, 0.2) is 11.8 Å². The summed E-state index contributed by atoms with van der Waals surface area (Å²) in [5, 5.41) is 15.4. The Hall–Kier alpha value is -14.8. The van der Waals surface area contributed by atoms with Crippen LogP contribution >= 0.6 is 0 Å². The lowest BCUT2D eigenvalue weighted by atomic mass is 9.96. The number of oxazole rings is 1. The maximum Gasteiger partial charge on any atom is 0.227 e. The molecule has 1 atom stereocenters. The number of furan rings is 4. The summed E-state index contributed by atoms with van der Waals surface area (Å²) in [6, 6.07) is 113. The number of nitrogens with one attached hydrogen (secondary N) is 1. The van der Waals surface area contributed by atoms with Crippen LogP contribution < -0.4 is 19.9 Å². The summed E-state index contributed by atoms with van der Waals surface area (Å²) in [6.07, 6.45) is 3.43. The molecule has 0 saturated heterocycles. The van der Waals surface area contributed by atoms with Crippen LogP contribution in [0, 0.1) is 0 Å². The highest BCUT2D eigenvalue weighted by atomic mass is 16.5. The summed E-state index contributed by atoms with van der Waals surface area (Å²) in [5.41, 5.74) is 25.5. The molecule has 1 unspecified atom stereocenters. The Morgan fingerprint density at radius 3 is 1.76 bits per heavy atom. The van der Waals surface area contributed by atoms with E-state index in [1.54, 1.807) is 0 Å². The SMILES string of the molecule is C1=C(N(c2ccc3c4ccccc4n(-c4ccccc4)c3c2)c2cccc3oc4ccccc4c23)CCc2c1oc1cc3nc(-c4ccc(-c5cccc6c5oc5cccc(N(c7ccc8c(c7)oc7cc9c(cc78)NC(c7ccccc7)O9)c7cccc8c9ccccc9n(-c9ccccc9)c78)c56)cc4)oc3cc21. The van der Waals surface area contributed by atoms with Gasteiger partial charge in [0, 0.05) is 123 Å². The Morgan fingerprint density at radius 2 is 0.955 bits per heavy atom. The molecule has 0 spiro atoms. The lowest BCUT2D eigenvalue weighted by Gasteiger charge is -2.30. The summed E-state index contributed by atoms with van der Waals surface area (Å²) in [5.74, 6) is 2.10. The molecular weight excluding hydrogens is 1360 g/mol. The number of rotatable bonds is 11. The molecule has 0 saturated carbocycles. The van der Waals surface area contributed by atoms with Crippen molar-refractivity contribution in [3.05, 3.63) is 344 Å². The van der Waals surface area contributed by atoms with Gasteiger partial charge in [-0.2, -0.15) is 0 Å². The minimum absolute atomic E-state index is 0.294. The minimum Gasteiger partial charge on any atom is -0.464 e. The van der Waals surface area contributed by atoms with Crippen LogP contribution in [0.15, 0.2) is 349 Å². The molecule has 7 aromatic heterocycles. The van der Waals surface area contributed by atoms with Crippen LogP contribution in [0.5, 0.6) is 5.75 Å². The van der Waals surface area contributed by atoms with Crippen LogP contribution in [0.1, 0.15) is 29.5 Å². The third kappa shape index (κ3) is 9.10. The summed E-state index contributed by atoms with van der Waals surface area (Å²) in [6.45, 7) is 0. The van der Waals surface area contributed by atoms with Crippen LogP contribution in [0.25, 0.3) is 172 Å². The monoisotopic (exact) mass is 1420 g/mol. The van der Waals surface area contributed by atoms with Gasteiger partial charge in [-0.05, 0) is 140 Å². The largest absolute Gasteiger partial charge is 0.464 e. The van der Waals surface area contributed by atoms with Gasteiger partial charge in [0.1, 0.15) is 56.1 Å². The molecule has 518 valence electrons. The molecule has 0 bridgehead atoms. The van der Waals surface area contributed by atoms with Crippen LogP contribution in [0.4, 0.5) is 34.1 Å². The molecule has 15 aromatic carbocycles. The van der Waals surface area contributed by atoms with Crippen molar-refractivity contribution in [2.45, 2.75) is 19.1 Å². The normalized spacial score (nSPS) is 13.7. The van der Waals surface area contributed by atoms with Gasteiger partial charge in [0.05, 0.1) is 55.6 Å². The van der Waals surface area contributed by atoms with E-state index in [1.807, 2.05) is 42.5 Å². The maximum absolute atomic E-state index is 7.15. The Balaban J connectivity index is 0.590. The Kier molecular flexibility index (Phi) is 12.9. The third-order valence-corrected chi connectivity index (χ3v) is 22.7. The summed E-state index contributed by atoms with van der Waals surface area (Å²) in [4.78, 5) is 9.94. The average Bonchev–Trinajstić information content (AvgIpc) is 1.56. The predicted molar refractivity (Wildman–Crippen MR) is 445 cm³/mol.